The van der Waals surface area contributed by atoms with Gasteiger partial charge in [-0.05, 0) is 18.1 Å². The molecule has 7 heteroatoms. The molecule has 0 unspecified atom stereocenters. The zero-order valence-corrected chi connectivity index (χ0v) is 15.5. The molecule has 0 bridgehead atoms. The SMILES string of the molecule is O=C1NC(=O)C(=Cc2cn(CCc3ccccc3)nc2-c2ccccc2)C(=O)N1. The van der Waals surface area contributed by atoms with E-state index in [0.29, 0.717) is 17.8 Å². The summed E-state index contributed by atoms with van der Waals surface area (Å²) < 4.78 is 1.80. The lowest BCUT2D eigenvalue weighted by atomic mass is 10.0. The van der Waals surface area contributed by atoms with Crippen LogP contribution in [0.5, 0.6) is 0 Å². The molecule has 1 fully saturated rings. The number of aromatic nitrogens is 2. The van der Waals surface area contributed by atoms with Crippen molar-refractivity contribution in [1.82, 2.24) is 20.4 Å². The highest BCUT2D eigenvalue weighted by Crippen LogP contribution is 2.24. The Morgan fingerprint density at radius 3 is 2.14 bits per heavy atom. The lowest BCUT2D eigenvalue weighted by Crippen LogP contribution is -2.51. The number of imide groups is 2. The summed E-state index contributed by atoms with van der Waals surface area (Å²) in [4.78, 5) is 35.5. The van der Waals surface area contributed by atoms with E-state index >= 15 is 0 Å². The third-order valence-electron chi connectivity index (χ3n) is 4.55. The van der Waals surface area contributed by atoms with E-state index in [4.69, 9.17) is 0 Å². The molecule has 0 aliphatic carbocycles. The summed E-state index contributed by atoms with van der Waals surface area (Å²) in [6.07, 6.45) is 4.06. The molecule has 0 spiro atoms. The van der Waals surface area contributed by atoms with E-state index in [2.05, 4.69) is 27.9 Å². The van der Waals surface area contributed by atoms with Crippen molar-refractivity contribution in [3.63, 3.8) is 0 Å². The van der Waals surface area contributed by atoms with E-state index in [1.807, 2.05) is 48.5 Å². The first-order valence-electron chi connectivity index (χ1n) is 9.15. The first-order valence-corrected chi connectivity index (χ1v) is 9.15. The van der Waals surface area contributed by atoms with Crippen LogP contribution in [-0.4, -0.2) is 27.6 Å². The van der Waals surface area contributed by atoms with Crippen molar-refractivity contribution in [3.8, 4) is 11.3 Å². The number of barbiturate groups is 1. The Morgan fingerprint density at radius 2 is 1.48 bits per heavy atom. The van der Waals surface area contributed by atoms with Crippen LogP contribution in [0.3, 0.4) is 0 Å². The van der Waals surface area contributed by atoms with E-state index in [1.54, 1.807) is 10.9 Å². The lowest BCUT2D eigenvalue weighted by molar-refractivity contribution is -0.123. The minimum absolute atomic E-state index is 0.135. The van der Waals surface area contributed by atoms with Gasteiger partial charge in [-0.2, -0.15) is 5.10 Å². The Balaban J connectivity index is 1.69. The molecule has 0 radical (unpaired) electrons. The first kappa shape index (κ1) is 18.4. The van der Waals surface area contributed by atoms with Crippen molar-refractivity contribution in [2.75, 3.05) is 0 Å². The normalized spacial score (nSPS) is 13.8. The van der Waals surface area contributed by atoms with Crippen molar-refractivity contribution < 1.29 is 14.4 Å². The molecule has 2 N–H and O–H groups in total. The Morgan fingerprint density at radius 1 is 0.862 bits per heavy atom. The van der Waals surface area contributed by atoms with Gasteiger partial charge < -0.3 is 0 Å². The van der Waals surface area contributed by atoms with Crippen LogP contribution in [0.2, 0.25) is 0 Å². The summed E-state index contributed by atoms with van der Waals surface area (Å²) in [5.41, 5.74) is 3.20. The minimum atomic E-state index is -0.820. The van der Waals surface area contributed by atoms with Crippen LogP contribution in [0.4, 0.5) is 4.79 Å². The Kier molecular flexibility index (Phi) is 5.03. The molecule has 0 atom stereocenters. The number of benzene rings is 2. The predicted octanol–water partition coefficient (Wildman–Crippen LogP) is 2.54. The number of hydrogen-bond acceptors (Lipinski definition) is 4. The first-order chi connectivity index (χ1) is 14.1. The second kappa shape index (κ2) is 7.93. The smallest absolute Gasteiger partial charge is 0.273 e. The number of hydrogen-bond donors (Lipinski definition) is 2. The van der Waals surface area contributed by atoms with Crippen molar-refractivity contribution in [2.45, 2.75) is 13.0 Å². The molecule has 3 aromatic rings. The third kappa shape index (κ3) is 4.14. The number of nitrogens with one attached hydrogen (secondary N) is 2. The molecule has 0 saturated carbocycles. The molecule has 2 heterocycles. The largest absolute Gasteiger partial charge is 0.328 e. The van der Waals surface area contributed by atoms with Crippen molar-refractivity contribution >= 4 is 23.9 Å². The zero-order chi connectivity index (χ0) is 20.2. The van der Waals surface area contributed by atoms with Gasteiger partial charge in [-0.25, -0.2) is 4.79 Å². The average molecular weight is 386 g/mol. The van der Waals surface area contributed by atoms with Gasteiger partial charge in [-0.15, -0.1) is 0 Å². The van der Waals surface area contributed by atoms with E-state index in [1.165, 1.54) is 11.6 Å². The van der Waals surface area contributed by atoms with Gasteiger partial charge in [0.25, 0.3) is 11.8 Å². The molecule has 7 nitrogen and oxygen atoms in total. The Hall–Kier alpha value is -4.00. The maximum Gasteiger partial charge on any atom is 0.328 e. The monoisotopic (exact) mass is 386 g/mol. The van der Waals surface area contributed by atoms with Crippen LogP contribution in [0.15, 0.2) is 72.4 Å². The maximum atomic E-state index is 12.1. The topological polar surface area (TPSA) is 93.1 Å². The van der Waals surface area contributed by atoms with Crippen molar-refractivity contribution in [2.24, 2.45) is 0 Å². The molecule has 144 valence electrons. The zero-order valence-electron chi connectivity index (χ0n) is 15.5. The lowest BCUT2D eigenvalue weighted by Gasteiger charge is -2.13. The fraction of sp³-hybridized carbons (Fsp3) is 0.0909. The third-order valence-corrected chi connectivity index (χ3v) is 4.55. The number of urea groups is 1. The number of nitrogens with zero attached hydrogens (tertiary/aromatic N) is 2. The fourth-order valence-corrected chi connectivity index (χ4v) is 3.13. The Labute approximate surface area is 167 Å². The standard InChI is InChI=1S/C22H18N4O3/c27-20-18(21(28)24-22(29)23-20)13-17-14-26(12-11-15-7-3-1-4-8-15)25-19(17)16-9-5-2-6-10-16/h1-10,13-14H,11-12H2,(H2,23,24,27,28,29). The molecule has 29 heavy (non-hydrogen) atoms. The van der Waals surface area contributed by atoms with Crippen LogP contribution in [0, 0.1) is 0 Å². The summed E-state index contributed by atoms with van der Waals surface area (Å²) in [5.74, 6) is -1.45. The van der Waals surface area contributed by atoms with Gasteiger partial charge >= 0.3 is 6.03 Å². The van der Waals surface area contributed by atoms with E-state index in [-0.39, 0.29) is 5.57 Å². The van der Waals surface area contributed by atoms with Gasteiger partial charge in [-0.3, -0.25) is 24.9 Å². The van der Waals surface area contributed by atoms with Crippen molar-refractivity contribution in [3.05, 3.63) is 83.6 Å². The molecular weight excluding hydrogens is 368 g/mol. The number of amides is 4. The molecule has 1 aliphatic heterocycles. The Bertz CT molecular complexity index is 1080. The second-order valence-electron chi connectivity index (χ2n) is 6.59. The highest BCUT2D eigenvalue weighted by Gasteiger charge is 2.28. The van der Waals surface area contributed by atoms with Crippen LogP contribution < -0.4 is 10.6 Å². The van der Waals surface area contributed by atoms with Crippen LogP contribution >= 0.6 is 0 Å². The van der Waals surface area contributed by atoms with Gasteiger partial charge in [-0.1, -0.05) is 60.7 Å². The van der Waals surface area contributed by atoms with Gasteiger partial charge in [0.05, 0.1) is 5.69 Å². The number of aryl methyl sites for hydroxylation is 2. The minimum Gasteiger partial charge on any atom is -0.273 e. The summed E-state index contributed by atoms with van der Waals surface area (Å²) in [5, 5.41) is 8.84. The van der Waals surface area contributed by atoms with E-state index < -0.39 is 17.8 Å². The number of carbonyl (C=O) groups excluding carboxylic acids is 3. The fourth-order valence-electron chi connectivity index (χ4n) is 3.13. The van der Waals surface area contributed by atoms with Gasteiger partial charge in [0.15, 0.2) is 0 Å². The molecular formula is C22H18N4O3. The highest BCUT2D eigenvalue weighted by atomic mass is 16.2. The van der Waals surface area contributed by atoms with Crippen LogP contribution in [-0.2, 0) is 22.6 Å². The summed E-state index contributed by atoms with van der Waals surface area (Å²) in [6.45, 7) is 0.643. The van der Waals surface area contributed by atoms with Crippen LogP contribution in [0.25, 0.3) is 17.3 Å². The van der Waals surface area contributed by atoms with E-state index in [0.717, 1.165) is 12.0 Å². The summed E-state index contributed by atoms with van der Waals surface area (Å²) in [7, 11) is 0. The van der Waals surface area contributed by atoms with Crippen molar-refractivity contribution in [1.29, 1.82) is 0 Å². The molecule has 4 rings (SSSR count). The number of rotatable bonds is 5. The molecule has 1 saturated heterocycles. The number of carbonyl (C=O) groups is 3. The summed E-state index contributed by atoms with van der Waals surface area (Å²) >= 11 is 0. The molecule has 4 amide bonds. The predicted molar refractivity (Wildman–Crippen MR) is 107 cm³/mol. The van der Waals surface area contributed by atoms with Gasteiger partial charge in [0.2, 0.25) is 0 Å². The second-order valence-corrected chi connectivity index (χ2v) is 6.59. The average Bonchev–Trinajstić information content (AvgIpc) is 3.13. The molecule has 2 aromatic carbocycles. The highest BCUT2D eigenvalue weighted by molar-refractivity contribution is 6.31. The van der Waals surface area contributed by atoms with Crippen LogP contribution in [0.1, 0.15) is 11.1 Å². The van der Waals surface area contributed by atoms with Gasteiger partial charge in [0, 0.05) is 23.9 Å². The quantitative estimate of drug-likeness (QED) is 0.521. The maximum absolute atomic E-state index is 12.1. The molecule has 1 aliphatic rings. The molecule has 1 aromatic heterocycles. The van der Waals surface area contributed by atoms with Gasteiger partial charge in [0.1, 0.15) is 5.57 Å². The van der Waals surface area contributed by atoms with E-state index in [9.17, 15) is 14.4 Å². The summed E-state index contributed by atoms with van der Waals surface area (Å²) in [6, 6.07) is 18.8.